The van der Waals surface area contributed by atoms with Crippen molar-refractivity contribution in [3.05, 3.63) is 0 Å². The molecule has 5 atom stereocenters. The fourth-order valence-electron chi connectivity index (χ4n) is 13.5. The highest BCUT2D eigenvalue weighted by molar-refractivity contribution is 7.47. The van der Waals surface area contributed by atoms with Gasteiger partial charge in [0.25, 0.3) is 0 Å². The Morgan fingerprint density at radius 1 is 0.257 bits per heavy atom. The molecule has 0 bridgehead atoms. The van der Waals surface area contributed by atoms with Crippen molar-refractivity contribution in [1.29, 1.82) is 0 Å². The number of hydrogen-bond donors (Lipinski definition) is 3. The topological polar surface area (TPSA) is 237 Å². The molecule has 0 spiro atoms. The maximum atomic E-state index is 13.1. The van der Waals surface area contributed by atoms with E-state index >= 15 is 0 Å². The predicted molar refractivity (Wildman–Crippen MR) is 432 cm³/mol. The molecule has 2 unspecified atom stereocenters. The summed E-state index contributed by atoms with van der Waals surface area (Å²) in [4.78, 5) is 73.1. The van der Waals surface area contributed by atoms with Crippen LogP contribution in [0.25, 0.3) is 0 Å². The van der Waals surface area contributed by atoms with Crippen molar-refractivity contribution in [2.24, 2.45) is 5.92 Å². The first-order valence-corrected chi connectivity index (χ1v) is 47.6. The lowest BCUT2D eigenvalue weighted by molar-refractivity contribution is -0.161. The molecular weight excluding hydrogens is 1370 g/mol. The molecule has 0 rings (SSSR count). The summed E-state index contributed by atoms with van der Waals surface area (Å²) in [6.45, 7) is 7.34. The van der Waals surface area contributed by atoms with Crippen LogP contribution in [0.15, 0.2) is 0 Å². The lowest BCUT2D eigenvalue weighted by Gasteiger charge is -2.21. The molecule has 0 saturated heterocycles. The highest BCUT2D eigenvalue weighted by Gasteiger charge is 2.30. The number of aliphatic hydroxyl groups is 1. The smallest absolute Gasteiger partial charge is 0.462 e. The van der Waals surface area contributed by atoms with E-state index in [1.807, 2.05) is 0 Å². The van der Waals surface area contributed by atoms with Gasteiger partial charge >= 0.3 is 39.5 Å². The molecule has 0 radical (unpaired) electrons. The molecule has 0 aromatic rings. The molecule has 0 fully saturated rings. The Kier molecular flexibility index (Phi) is 77.3. The summed E-state index contributed by atoms with van der Waals surface area (Å²) in [6, 6.07) is 0. The Morgan fingerprint density at radius 2 is 0.438 bits per heavy atom. The van der Waals surface area contributed by atoms with Crippen LogP contribution in [0.2, 0.25) is 0 Å². The highest BCUT2D eigenvalue weighted by Crippen LogP contribution is 2.45. The summed E-state index contributed by atoms with van der Waals surface area (Å²) in [7, 11) is -9.92. The van der Waals surface area contributed by atoms with Crippen LogP contribution in [-0.2, 0) is 65.4 Å². The number of hydrogen-bond acceptors (Lipinski definition) is 15. The molecule has 19 heteroatoms. The first-order chi connectivity index (χ1) is 51.0. The Bertz CT molecular complexity index is 2000. The van der Waals surface area contributed by atoms with E-state index in [4.69, 9.17) is 37.0 Å². The fraction of sp³-hybridized carbons (Fsp3) is 0.953. The van der Waals surface area contributed by atoms with E-state index in [9.17, 15) is 43.2 Å². The Labute approximate surface area is 645 Å². The van der Waals surface area contributed by atoms with Crippen molar-refractivity contribution in [2.75, 3.05) is 39.6 Å². The van der Waals surface area contributed by atoms with Crippen molar-refractivity contribution < 1.29 is 80.2 Å². The van der Waals surface area contributed by atoms with Crippen LogP contribution < -0.4 is 0 Å². The largest absolute Gasteiger partial charge is 0.472 e. The minimum absolute atomic E-state index is 0.107. The van der Waals surface area contributed by atoms with E-state index in [0.29, 0.717) is 25.7 Å². The highest BCUT2D eigenvalue weighted by atomic mass is 31.2. The van der Waals surface area contributed by atoms with Gasteiger partial charge in [-0.05, 0) is 31.6 Å². The van der Waals surface area contributed by atoms with Gasteiger partial charge in [0.15, 0.2) is 12.2 Å². The van der Waals surface area contributed by atoms with Crippen molar-refractivity contribution in [1.82, 2.24) is 0 Å². The molecule has 0 aromatic heterocycles. The van der Waals surface area contributed by atoms with Gasteiger partial charge in [-0.3, -0.25) is 37.3 Å². The summed E-state index contributed by atoms with van der Waals surface area (Å²) in [6.07, 6.45) is 72.4. The van der Waals surface area contributed by atoms with Gasteiger partial charge in [0.05, 0.1) is 26.4 Å². The molecule has 17 nitrogen and oxygen atoms in total. The minimum atomic E-state index is -4.96. The zero-order valence-electron chi connectivity index (χ0n) is 68.9. The average molecular weight is 1540 g/mol. The molecule has 105 heavy (non-hydrogen) atoms. The third-order valence-electron chi connectivity index (χ3n) is 20.3. The molecule has 0 aliphatic rings. The molecule has 0 aromatic carbocycles. The molecule has 0 amide bonds. The number of phosphoric ester groups is 2. The second-order valence-electron chi connectivity index (χ2n) is 31.4. The molecule has 0 aliphatic carbocycles. The van der Waals surface area contributed by atoms with E-state index in [0.717, 1.165) is 95.8 Å². The lowest BCUT2D eigenvalue weighted by Crippen LogP contribution is -2.30. The van der Waals surface area contributed by atoms with E-state index in [1.54, 1.807) is 0 Å². The van der Waals surface area contributed by atoms with Gasteiger partial charge in [-0.2, -0.15) is 0 Å². The van der Waals surface area contributed by atoms with Crippen molar-refractivity contribution in [3.8, 4) is 0 Å². The first kappa shape index (κ1) is 103. The number of aliphatic hydroxyl groups excluding tert-OH is 1. The number of phosphoric acid groups is 2. The van der Waals surface area contributed by atoms with Gasteiger partial charge in [0.2, 0.25) is 0 Å². The SMILES string of the molecule is CCCCCCCCCCCCCCCCCCCCCCCCC(=O)O[C@H](COC(=O)CCCCCCCCCCCCCCCCCCCCCC)COP(=O)(O)OC[C@@H](O)COP(=O)(O)OC[C@@H](COC(=O)CCCCCCCCCCC)OC(=O)CCCCCCCCCCCCCC(C)C. The van der Waals surface area contributed by atoms with Crippen LogP contribution >= 0.6 is 15.6 Å². The number of carbonyl (C=O) groups is 4. The molecule has 0 heterocycles. The van der Waals surface area contributed by atoms with E-state index < -0.39 is 97.5 Å². The zero-order chi connectivity index (χ0) is 76.9. The number of esters is 4. The van der Waals surface area contributed by atoms with E-state index in [-0.39, 0.29) is 25.7 Å². The number of carbonyl (C=O) groups excluding carboxylic acids is 4. The Morgan fingerprint density at radius 3 is 0.648 bits per heavy atom. The minimum Gasteiger partial charge on any atom is -0.462 e. The standard InChI is InChI=1S/C86H168O17P2/c1-6-9-12-15-18-21-23-25-27-29-31-33-34-36-38-40-42-46-51-56-61-66-71-85(90)103-82(76-97-84(89)70-65-60-55-50-45-41-39-37-35-32-30-28-26-24-22-19-16-13-10-7-2)78-101-105(94,95)99-74-80(87)73-98-104(92,93)100-77-81(75-96-83(88)69-64-59-54-48-20-17-14-11-8-3)102-86(91)72-67-62-57-52-47-43-44-49-53-58-63-68-79(4)5/h79-82,87H,6-78H2,1-5H3,(H,92,93)(H,94,95)/t80-,81+,82+/m0/s1. The van der Waals surface area contributed by atoms with Gasteiger partial charge in [-0.1, -0.05) is 413 Å². The van der Waals surface area contributed by atoms with Crippen LogP contribution in [0, 0.1) is 5.92 Å². The first-order valence-electron chi connectivity index (χ1n) is 44.6. The number of ether oxygens (including phenoxy) is 4. The third kappa shape index (κ3) is 79.9. The maximum Gasteiger partial charge on any atom is 0.472 e. The summed E-state index contributed by atoms with van der Waals surface area (Å²) >= 11 is 0. The lowest BCUT2D eigenvalue weighted by atomic mass is 10.0. The van der Waals surface area contributed by atoms with Gasteiger partial charge in [0, 0.05) is 25.7 Å². The predicted octanol–water partition coefficient (Wildman–Crippen LogP) is 26.4. The quantitative estimate of drug-likeness (QED) is 0.0222. The van der Waals surface area contributed by atoms with Crippen molar-refractivity contribution >= 4 is 39.5 Å². The summed E-state index contributed by atoms with van der Waals surface area (Å²) in [5.41, 5.74) is 0. The van der Waals surface area contributed by atoms with Crippen LogP contribution in [0.3, 0.4) is 0 Å². The summed E-state index contributed by atoms with van der Waals surface area (Å²) in [5, 5.41) is 10.7. The van der Waals surface area contributed by atoms with E-state index in [2.05, 4.69) is 34.6 Å². The van der Waals surface area contributed by atoms with E-state index in [1.165, 1.54) is 289 Å². The number of unbranched alkanes of at least 4 members (excludes halogenated alkanes) is 58. The zero-order valence-corrected chi connectivity index (χ0v) is 70.7. The van der Waals surface area contributed by atoms with Crippen LogP contribution in [0.5, 0.6) is 0 Å². The van der Waals surface area contributed by atoms with Gasteiger partial charge in [0.1, 0.15) is 19.3 Å². The van der Waals surface area contributed by atoms with Crippen LogP contribution in [0.4, 0.5) is 0 Å². The summed E-state index contributed by atoms with van der Waals surface area (Å²) < 4.78 is 68.8. The van der Waals surface area contributed by atoms with Crippen LogP contribution in [-0.4, -0.2) is 96.7 Å². The van der Waals surface area contributed by atoms with Gasteiger partial charge in [-0.25, -0.2) is 9.13 Å². The summed E-state index contributed by atoms with van der Waals surface area (Å²) in [5.74, 6) is -1.34. The third-order valence-corrected chi connectivity index (χ3v) is 22.2. The van der Waals surface area contributed by atoms with Crippen molar-refractivity contribution in [2.45, 2.75) is 483 Å². The van der Waals surface area contributed by atoms with Gasteiger partial charge in [-0.15, -0.1) is 0 Å². The van der Waals surface area contributed by atoms with Crippen molar-refractivity contribution in [3.63, 3.8) is 0 Å². The molecular formula is C86H168O17P2. The molecule has 0 aliphatic heterocycles. The molecule has 0 saturated carbocycles. The second-order valence-corrected chi connectivity index (χ2v) is 34.3. The Hall–Kier alpha value is -1.94. The molecule has 3 N–H and O–H groups in total. The second kappa shape index (κ2) is 78.7. The average Bonchev–Trinajstić information content (AvgIpc) is 0.935. The fourth-order valence-corrected chi connectivity index (χ4v) is 15.1. The van der Waals surface area contributed by atoms with Gasteiger partial charge < -0.3 is 33.8 Å². The van der Waals surface area contributed by atoms with Crippen LogP contribution in [0.1, 0.15) is 465 Å². The normalized spacial score (nSPS) is 13.8. The monoisotopic (exact) mass is 1540 g/mol. The Balaban J connectivity index is 5.19. The number of rotatable bonds is 86. The molecule has 624 valence electrons. The maximum absolute atomic E-state index is 13.1.